The summed E-state index contributed by atoms with van der Waals surface area (Å²) in [7, 11) is 1.75. The molecule has 0 fully saturated rings. The van der Waals surface area contributed by atoms with E-state index in [2.05, 4.69) is 47.3 Å². The Morgan fingerprint density at radius 3 is 2.94 bits per heavy atom. The molecule has 0 spiro atoms. The van der Waals surface area contributed by atoms with E-state index in [0.29, 0.717) is 0 Å². The zero-order valence-electron chi connectivity index (χ0n) is 11.3. The van der Waals surface area contributed by atoms with Gasteiger partial charge in [0.25, 0.3) is 0 Å². The lowest BCUT2D eigenvalue weighted by Crippen LogP contribution is -2.11. The summed E-state index contributed by atoms with van der Waals surface area (Å²) in [6.45, 7) is 5.92. The van der Waals surface area contributed by atoms with Crippen molar-refractivity contribution in [1.82, 2.24) is 9.88 Å². The minimum Gasteiger partial charge on any atom is -0.385 e. The van der Waals surface area contributed by atoms with Gasteiger partial charge in [0.2, 0.25) is 0 Å². The first kappa shape index (κ1) is 13.1. The van der Waals surface area contributed by atoms with Crippen molar-refractivity contribution < 1.29 is 4.74 Å². The van der Waals surface area contributed by atoms with Crippen molar-refractivity contribution in [2.75, 3.05) is 20.3 Å². The van der Waals surface area contributed by atoms with Gasteiger partial charge >= 0.3 is 0 Å². The zero-order chi connectivity index (χ0) is 12.8. The Labute approximate surface area is 109 Å². The fraction of sp³-hybridized carbons (Fsp3) is 0.467. The van der Waals surface area contributed by atoms with E-state index in [1.54, 1.807) is 7.11 Å². The molecule has 0 atom stereocenters. The Morgan fingerprint density at radius 2 is 2.17 bits per heavy atom. The molecule has 1 heterocycles. The predicted molar refractivity (Wildman–Crippen MR) is 75.8 cm³/mol. The number of fused-ring (bicyclic) bond motifs is 1. The molecule has 18 heavy (non-hydrogen) atoms. The van der Waals surface area contributed by atoms with Crippen LogP contribution in [0.1, 0.15) is 18.9 Å². The fourth-order valence-corrected chi connectivity index (χ4v) is 2.20. The number of benzene rings is 1. The van der Waals surface area contributed by atoms with E-state index >= 15 is 0 Å². The van der Waals surface area contributed by atoms with Crippen molar-refractivity contribution in [2.24, 2.45) is 0 Å². The molecule has 98 valence electrons. The molecule has 1 N–H and O–H groups in total. The summed E-state index contributed by atoms with van der Waals surface area (Å²) in [5, 5.41) is 4.68. The molecule has 1 aromatic carbocycles. The van der Waals surface area contributed by atoms with Crippen LogP contribution in [-0.2, 0) is 17.8 Å². The monoisotopic (exact) mass is 246 g/mol. The molecule has 3 nitrogen and oxygen atoms in total. The Morgan fingerprint density at radius 1 is 1.28 bits per heavy atom. The third-order valence-corrected chi connectivity index (χ3v) is 3.16. The molecule has 0 aliphatic heterocycles. The number of nitrogens with zero attached hydrogens (tertiary/aromatic N) is 1. The summed E-state index contributed by atoms with van der Waals surface area (Å²) in [5.74, 6) is 0. The maximum atomic E-state index is 5.09. The lowest BCUT2D eigenvalue weighted by molar-refractivity contribution is 0.190. The highest BCUT2D eigenvalue weighted by molar-refractivity contribution is 5.80. The van der Waals surface area contributed by atoms with Crippen LogP contribution in [0.5, 0.6) is 0 Å². The molecule has 0 bridgehead atoms. The molecular formula is C15H22N2O. The van der Waals surface area contributed by atoms with Gasteiger partial charge in [0.1, 0.15) is 0 Å². The molecule has 0 aliphatic carbocycles. The molecule has 0 radical (unpaired) electrons. The minimum absolute atomic E-state index is 0.818. The van der Waals surface area contributed by atoms with Gasteiger partial charge in [0.05, 0.1) is 0 Å². The van der Waals surface area contributed by atoms with E-state index in [0.717, 1.165) is 32.7 Å². The summed E-state index contributed by atoms with van der Waals surface area (Å²) in [6.07, 6.45) is 3.22. The van der Waals surface area contributed by atoms with Crippen LogP contribution in [-0.4, -0.2) is 24.8 Å². The smallest absolute Gasteiger partial charge is 0.0480 e. The Bertz CT molecular complexity index is 490. The highest BCUT2D eigenvalue weighted by atomic mass is 16.5. The maximum Gasteiger partial charge on any atom is 0.0480 e. The van der Waals surface area contributed by atoms with Gasteiger partial charge in [-0.3, -0.25) is 0 Å². The molecule has 0 unspecified atom stereocenters. The normalized spacial score (nSPS) is 11.2. The third-order valence-electron chi connectivity index (χ3n) is 3.16. The molecule has 0 saturated heterocycles. The number of nitrogens with one attached hydrogen (secondary N) is 1. The van der Waals surface area contributed by atoms with Crippen molar-refractivity contribution in [1.29, 1.82) is 0 Å². The van der Waals surface area contributed by atoms with Gasteiger partial charge in [0, 0.05) is 38.5 Å². The van der Waals surface area contributed by atoms with E-state index in [9.17, 15) is 0 Å². The van der Waals surface area contributed by atoms with Gasteiger partial charge in [-0.25, -0.2) is 0 Å². The van der Waals surface area contributed by atoms with Crippen LogP contribution in [0, 0.1) is 0 Å². The van der Waals surface area contributed by atoms with Crippen molar-refractivity contribution in [2.45, 2.75) is 26.4 Å². The number of hydrogen-bond donors (Lipinski definition) is 1. The lowest BCUT2D eigenvalue weighted by Gasteiger charge is -2.06. The Balaban J connectivity index is 2.10. The first-order valence-electron chi connectivity index (χ1n) is 6.62. The summed E-state index contributed by atoms with van der Waals surface area (Å²) < 4.78 is 7.39. The van der Waals surface area contributed by atoms with Crippen LogP contribution >= 0.6 is 0 Å². The van der Waals surface area contributed by atoms with Gasteiger partial charge in [-0.1, -0.05) is 13.0 Å². The van der Waals surface area contributed by atoms with E-state index in [4.69, 9.17) is 4.74 Å². The standard InChI is InChI=1S/C15H22N2O/c1-3-16-12-13-5-6-15-14(11-13)7-9-17(15)8-4-10-18-2/h5-7,9,11,16H,3-4,8,10,12H2,1-2H3. The van der Waals surface area contributed by atoms with Crippen molar-refractivity contribution in [3.05, 3.63) is 36.0 Å². The molecule has 2 aromatic rings. The second-order valence-electron chi connectivity index (χ2n) is 4.53. The van der Waals surface area contributed by atoms with Crippen LogP contribution in [0.4, 0.5) is 0 Å². The quantitative estimate of drug-likeness (QED) is 0.760. The largest absolute Gasteiger partial charge is 0.385 e. The van der Waals surface area contributed by atoms with E-state index in [-0.39, 0.29) is 0 Å². The molecular weight excluding hydrogens is 224 g/mol. The van der Waals surface area contributed by atoms with Gasteiger partial charge < -0.3 is 14.6 Å². The molecule has 2 rings (SSSR count). The number of ether oxygens (including phenoxy) is 1. The number of rotatable bonds is 7. The van der Waals surface area contributed by atoms with Gasteiger partial charge in [-0.2, -0.15) is 0 Å². The fourth-order valence-electron chi connectivity index (χ4n) is 2.20. The molecule has 0 aliphatic rings. The number of aryl methyl sites for hydroxylation is 1. The maximum absolute atomic E-state index is 5.09. The molecule has 3 heteroatoms. The van der Waals surface area contributed by atoms with E-state index in [1.165, 1.54) is 16.5 Å². The van der Waals surface area contributed by atoms with Crippen molar-refractivity contribution >= 4 is 10.9 Å². The van der Waals surface area contributed by atoms with Crippen LogP contribution in [0.25, 0.3) is 10.9 Å². The Kier molecular flexibility index (Phi) is 4.79. The van der Waals surface area contributed by atoms with Gasteiger partial charge in [-0.15, -0.1) is 0 Å². The minimum atomic E-state index is 0.818. The number of methoxy groups -OCH3 is 1. The molecule has 0 amide bonds. The van der Waals surface area contributed by atoms with Crippen LogP contribution < -0.4 is 5.32 Å². The predicted octanol–water partition coefficient (Wildman–Crippen LogP) is 2.79. The Hall–Kier alpha value is -1.32. The summed E-state index contributed by atoms with van der Waals surface area (Å²) in [5.41, 5.74) is 2.66. The highest BCUT2D eigenvalue weighted by Crippen LogP contribution is 2.18. The SMILES string of the molecule is CCNCc1ccc2c(ccn2CCCOC)c1. The van der Waals surface area contributed by atoms with Crippen molar-refractivity contribution in [3.63, 3.8) is 0 Å². The molecule has 1 aromatic heterocycles. The first-order chi connectivity index (χ1) is 8.85. The van der Waals surface area contributed by atoms with Crippen LogP contribution in [0.2, 0.25) is 0 Å². The number of aromatic nitrogens is 1. The van der Waals surface area contributed by atoms with Crippen LogP contribution in [0.3, 0.4) is 0 Å². The van der Waals surface area contributed by atoms with Gasteiger partial charge in [0.15, 0.2) is 0 Å². The lowest BCUT2D eigenvalue weighted by atomic mass is 10.1. The third kappa shape index (κ3) is 3.12. The van der Waals surface area contributed by atoms with E-state index in [1.807, 2.05) is 0 Å². The van der Waals surface area contributed by atoms with Crippen molar-refractivity contribution in [3.8, 4) is 0 Å². The first-order valence-corrected chi connectivity index (χ1v) is 6.62. The average molecular weight is 246 g/mol. The zero-order valence-corrected chi connectivity index (χ0v) is 11.3. The average Bonchev–Trinajstić information content (AvgIpc) is 2.79. The summed E-state index contributed by atoms with van der Waals surface area (Å²) >= 11 is 0. The second-order valence-corrected chi connectivity index (χ2v) is 4.53. The number of hydrogen-bond acceptors (Lipinski definition) is 2. The van der Waals surface area contributed by atoms with Crippen LogP contribution in [0.15, 0.2) is 30.5 Å². The van der Waals surface area contributed by atoms with E-state index < -0.39 is 0 Å². The molecule has 0 saturated carbocycles. The highest BCUT2D eigenvalue weighted by Gasteiger charge is 2.02. The topological polar surface area (TPSA) is 26.2 Å². The van der Waals surface area contributed by atoms with Gasteiger partial charge in [-0.05, 0) is 42.1 Å². The second kappa shape index (κ2) is 6.57. The summed E-state index contributed by atoms with van der Waals surface area (Å²) in [4.78, 5) is 0. The summed E-state index contributed by atoms with van der Waals surface area (Å²) in [6, 6.07) is 8.88.